The van der Waals surface area contributed by atoms with Crippen molar-refractivity contribution >= 4 is 10.8 Å². The van der Waals surface area contributed by atoms with Gasteiger partial charge in [-0.25, -0.2) is 0 Å². The normalized spacial score (nSPS) is 15.5. The molecule has 0 aromatic heterocycles. The van der Waals surface area contributed by atoms with Crippen LogP contribution in [-0.2, 0) is 11.8 Å². The molecule has 2 aliphatic carbocycles. The van der Waals surface area contributed by atoms with Crippen molar-refractivity contribution in [3.8, 4) is 22.3 Å². The van der Waals surface area contributed by atoms with Gasteiger partial charge in [0.05, 0.1) is 0 Å². The van der Waals surface area contributed by atoms with Gasteiger partial charge in [-0.3, -0.25) is 0 Å². The van der Waals surface area contributed by atoms with Gasteiger partial charge < -0.3 is 0 Å². The van der Waals surface area contributed by atoms with Crippen molar-refractivity contribution in [3.05, 3.63) is 95.1 Å². The van der Waals surface area contributed by atoms with Crippen LogP contribution in [0.1, 0.15) is 36.1 Å². The Bertz CT molecular complexity index is 1220. The molecular formula is C26H20. The van der Waals surface area contributed by atoms with Crippen LogP contribution in [-0.4, -0.2) is 0 Å². The molecule has 0 amide bonds. The van der Waals surface area contributed by atoms with Crippen LogP contribution in [0.4, 0.5) is 0 Å². The number of hydrogen-bond acceptors (Lipinski definition) is 0. The van der Waals surface area contributed by atoms with Crippen molar-refractivity contribution < 1.29 is 0 Å². The number of fused-ring (bicyclic) bond motifs is 8. The lowest BCUT2D eigenvalue weighted by molar-refractivity contribution is 0.661. The molecule has 26 heavy (non-hydrogen) atoms. The Balaban J connectivity index is 1.73. The fourth-order valence-corrected chi connectivity index (χ4v) is 5.16. The molecule has 0 heteroatoms. The molecular weight excluding hydrogens is 312 g/mol. The van der Waals surface area contributed by atoms with E-state index in [-0.39, 0.29) is 5.41 Å². The molecule has 4 aromatic rings. The summed E-state index contributed by atoms with van der Waals surface area (Å²) >= 11 is 0. The summed E-state index contributed by atoms with van der Waals surface area (Å²) in [6.45, 7) is 4.71. The predicted octanol–water partition coefficient (Wildman–Crippen LogP) is 6.72. The lowest BCUT2D eigenvalue weighted by Gasteiger charge is -2.21. The van der Waals surface area contributed by atoms with Crippen molar-refractivity contribution in [1.82, 2.24) is 0 Å². The highest BCUT2D eigenvalue weighted by atomic mass is 14.4. The van der Waals surface area contributed by atoms with Crippen molar-refractivity contribution in [2.75, 3.05) is 0 Å². The second kappa shape index (κ2) is 4.65. The Morgan fingerprint density at radius 2 is 1.42 bits per heavy atom. The maximum absolute atomic E-state index is 2.45. The molecule has 6 rings (SSSR count). The van der Waals surface area contributed by atoms with Crippen LogP contribution >= 0.6 is 0 Å². The van der Waals surface area contributed by atoms with Crippen LogP contribution in [0.2, 0.25) is 0 Å². The van der Waals surface area contributed by atoms with Gasteiger partial charge in [-0.1, -0.05) is 80.6 Å². The maximum atomic E-state index is 2.45. The minimum Gasteiger partial charge on any atom is -0.0619 e. The van der Waals surface area contributed by atoms with E-state index in [2.05, 4.69) is 86.6 Å². The average molecular weight is 332 g/mol. The molecule has 0 saturated heterocycles. The van der Waals surface area contributed by atoms with Crippen molar-refractivity contribution in [1.29, 1.82) is 0 Å². The largest absolute Gasteiger partial charge is 0.0619 e. The highest BCUT2D eigenvalue weighted by Gasteiger charge is 2.36. The van der Waals surface area contributed by atoms with Crippen LogP contribution in [0.5, 0.6) is 0 Å². The first-order valence-electron chi connectivity index (χ1n) is 9.43. The van der Waals surface area contributed by atoms with E-state index in [1.807, 2.05) is 0 Å². The van der Waals surface area contributed by atoms with Crippen LogP contribution in [0.15, 0.2) is 72.8 Å². The van der Waals surface area contributed by atoms with Gasteiger partial charge in [-0.2, -0.15) is 0 Å². The lowest BCUT2D eigenvalue weighted by atomic mass is 9.82. The minimum absolute atomic E-state index is 0.0665. The summed E-state index contributed by atoms with van der Waals surface area (Å²) in [5.74, 6) is 0. The molecule has 0 N–H and O–H groups in total. The molecule has 0 fully saturated rings. The van der Waals surface area contributed by atoms with E-state index in [0.717, 1.165) is 6.42 Å². The third kappa shape index (κ3) is 1.65. The molecule has 0 radical (unpaired) electrons. The highest BCUT2D eigenvalue weighted by Crippen LogP contribution is 2.52. The summed E-state index contributed by atoms with van der Waals surface area (Å²) in [7, 11) is 0. The van der Waals surface area contributed by atoms with Crippen LogP contribution in [0.25, 0.3) is 33.0 Å². The number of hydrogen-bond donors (Lipinski definition) is 0. The summed E-state index contributed by atoms with van der Waals surface area (Å²) < 4.78 is 0. The van der Waals surface area contributed by atoms with Crippen molar-refractivity contribution in [2.45, 2.75) is 25.7 Å². The summed E-state index contributed by atoms with van der Waals surface area (Å²) in [6, 6.07) is 27.3. The molecule has 0 aliphatic heterocycles. The number of rotatable bonds is 0. The molecule has 0 saturated carbocycles. The molecule has 0 nitrogen and oxygen atoms in total. The van der Waals surface area contributed by atoms with Gasteiger partial charge in [0, 0.05) is 5.41 Å². The summed E-state index contributed by atoms with van der Waals surface area (Å²) in [4.78, 5) is 0. The van der Waals surface area contributed by atoms with Gasteiger partial charge in [0.25, 0.3) is 0 Å². The predicted molar refractivity (Wildman–Crippen MR) is 110 cm³/mol. The molecule has 0 bridgehead atoms. The Kier molecular flexibility index (Phi) is 2.56. The quantitative estimate of drug-likeness (QED) is 0.295. The molecule has 0 spiro atoms. The molecule has 124 valence electrons. The lowest BCUT2D eigenvalue weighted by Crippen LogP contribution is -2.14. The van der Waals surface area contributed by atoms with E-state index >= 15 is 0 Å². The third-order valence-corrected chi connectivity index (χ3v) is 6.48. The second-order valence-corrected chi connectivity index (χ2v) is 8.22. The molecule has 0 atom stereocenters. The molecule has 2 aliphatic rings. The van der Waals surface area contributed by atoms with Gasteiger partial charge in [0.15, 0.2) is 0 Å². The summed E-state index contributed by atoms with van der Waals surface area (Å²) in [5.41, 5.74) is 11.6. The van der Waals surface area contributed by atoms with Gasteiger partial charge in [-0.05, 0) is 67.8 Å². The third-order valence-electron chi connectivity index (χ3n) is 6.48. The second-order valence-electron chi connectivity index (χ2n) is 8.22. The van der Waals surface area contributed by atoms with Crippen molar-refractivity contribution in [3.63, 3.8) is 0 Å². The highest BCUT2D eigenvalue weighted by molar-refractivity contribution is 6.05. The first-order valence-corrected chi connectivity index (χ1v) is 9.43. The monoisotopic (exact) mass is 332 g/mol. The topological polar surface area (TPSA) is 0 Å². The van der Waals surface area contributed by atoms with E-state index in [1.165, 1.54) is 55.3 Å². The maximum Gasteiger partial charge on any atom is 0.0159 e. The fraction of sp³-hybridized carbons (Fsp3) is 0.154. The van der Waals surface area contributed by atoms with Crippen LogP contribution in [0, 0.1) is 0 Å². The molecule has 0 heterocycles. The van der Waals surface area contributed by atoms with Gasteiger partial charge in [0.1, 0.15) is 0 Å². The van der Waals surface area contributed by atoms with Gasteiger partial charge in [-0.15, -0.1) is 0 Å². The van der Waals surface area contributed by atoms with E-state index < -0.39 is 0 Å². The first kappa shape index (κ1) is 14.3. The Morgan fingerprint density at radius 3 is 2.31 bits per heavy atom. The number of benzene rings is 4. The summed E-state index contributed by atoms with van der Waals surface area (Å²) in [6.07, 6.45) is 1.06. The Labute approximate surface area is 154 Å². The minimum atomic E-state index is 0.0665. The van der Waals surface area contributed by atoms with Crippen molar-refractivity contribution in [2.24, 2.45) is 0 Å². The van der Waals surface area contributed by atoms with Gasteiger partial charge in [0.2, 0.25) is 0 Å². The zero-order valence-electron chi connectivity index (χ0n) is 15.1. The zero-order valence-corrected chi connectivity index (χ0v) is 15.1. The van der Waals surface area contributed by atoms with E-state index in [4.69, 9.17) is 0 Å². The molecule has 0 unspecified atom stereocenters. The zero-order chi connectivity index (χ0) is 17.5. The van der Waals surface area contributed by atoms with Gasteiger partial charge >= 0.3 is 0 Å². The van der Waals surface area contributed by atoms with Crippen LogP contribution < -0.4 is 0 Å². The molecule has 4 aromatic carbocycles. The first-order chi connectivity index (χ1) is 12.6. The smallest absolute Gasteiger partial charge is 0.0159 e. The fourth-order valence-electron chi connectivity index (χ4n) is 5.16. The standard InChI is InChI=1S/C26H20/c1-26(2)23-10-6-5-9-20(23)25-22-15-21-18(14-17(22)11-12-24(25)26)13-16-7-3-4-8-19(16)21/h3-12,14-15H,13H2,1-2H3. The van der Waals surface area contributed by atoms with Crippen LogP contribution in [0.3, 0.4) is 0 Å². The van der Waals surface area contributed by atoms with E-state index in [9.17, 15) is 0 Å². The summed E-state index contributed by atoms with van der Waals surface area (Å²) in [5, 5.41) is 2.76. The average Bonchev–Trinajstić information content (AvgIpc) is 3.13. The SMILES string of the molecule is CC1(C)c2ccccc2-c2c1ccc1cc3c(cc21)-c1ccccc1C3. The van der Waals surface area contributed by atoms with E-state index in [1.54, 1.807) is 0 Å². The Morgan fingerprint density at radius 1 is 0.654 bits per heavy atom. The Hall–Kier alpha value is -2.86. The van der Waals surface area contributed by atoms with E-state index in [0.29, 0.717) is 0 Å².